The number of piperidine rings is 1. The molecular weight excluding hydrogens is 336 g/mol. The predicted octanol–water partition coefficient (Wildman–Crippen LogP) is 2.50. The molecule has 2 N–H and O–H groups in total. The second kappa shape index (κ2) is 8.74. The molecule has 1 fully saturated rings. The van der Waals surface area contributed by atoms with Gasteiger partial charge < -0.3 is 15.2 Å². The van der Waals surface area contributed by atoms with Crippen LogP contribution in [0.4, 0.5) is 0 Å². The Balaban J connectivity index is 2.00. The van der Waals surface area contributed by atoms with E-state index >= 15 is 0 Å². The molecule has 1 aromatic heterocycles. The monoisotopic (exact) mass is 366 g/mol. The number of hydrogen-bond donors (Lipinski definition) is 1. The number of primary amides is 1. The van der Waals surface area contributed by atoms with Crippen LogP contribution >= 0.6 is 11.8 Å². The molecule has 2 heterocycles. The zero-order valence-electron chi connectivity index (χ0n) is 15.7. The van der Waals surface area contributed by atoms with Crippen LogP contribution < -0.4 is 5.73 Å². The number of likely N-dealkylation sites (tertiary alicyclic amines) is 1. The van der Waals surface area contributed by atoms with Gasteiger partial charge in [0.25, 0.3) is 0 Å². The maximum atomic E-state index is 12.7. The summed E-state index contributed by atoms with van der Waals surface area (Å²) in [5.74, 6) is -0.225. The van der Waals surface area contributed by atoms with Crippen molar-refractivity contribution in [2.24, 2.45) is 11.7 Å². The van der Waals surface area contributed by atoms with E-state index in [4.69, 9.17) is 5.73 Å². The topological polar surface area (TPSA) is 81.2 Å². The molecule has 0 aromatic carbocycles. The number of imidazole rings is 1. The van der Waals surface area contributed by atoms with E-state index < -0.39 is 0 Å². The molecule has 0 radical (unpaired) electrons. The van der Waals surface area contributed by atoms with Crippen molar-refractivity contribution in [3.8, 4) is 0 Å². The van der Waals surface area contributed by atoms with Gasteiger partial charge in [-0.15, -0.1) is 0 Å². The number of carbonyl (C=O) groups is 2. The van der Waals surface area contributed by atoms with Gasteiger partial charge in [-0.2, -0.15) is 0 Å². The molecule has 1 atom stereocenters. The minimum absolute atomic E-state index is 0.0924. The van der Waals surface area contributed by atoms with Gasteiger partial charge in [0.15, 0.2) is 5.16 Å². The summed E-state index contributed by atoms with van der Waals surface area (Å²) in [6.45, 7) is 10.4. The third kappa shape index (κ3) is 4.77. The van der Waals surface area contributed by atoms with Gasteiger partial charge in [-0.3, -0.25) is 9.59 Å². The van der Waals surface area contributed by atoms with E-state index in [0.717, 1.165) is 30.2 Å². The molecule has 0 spiro atoms. The van der Waals surface area contributed by atoms with Crippen LogP contribution in [0, 0.1) is 19.8 Å². The van der Waals surface area contributed by atoms with E-state index in [9.17, 15) is 9.59 Å². The molecule has 0 aliphatic carbocycles. The zero-order valence-corrected chi connectivity index (χ0v) is 16.6. The van der Waals surface area contributed by atoms with E-state index in [1.165, 1.54) is 17.5 Å². The lowest BCUT2D eigenvalue weighted by Gasteiger charge is -2.32. The van der Waals surface area contributed by atoms with Crippen molar-refractivity contribution in [2.45, 2.75) is 70.3 Å². The van der Waals surface area contributed by atoms with Crippen LogP contribution in [0.2, 0.25) is 0 Å². The summed E-state index contributed by atoms with van der Waals surface area (Å²) in [4.78, 5) is 30.5. The fourth-order valence-electron chi connectivity index (χ4n) is 3.14. The highest BCUT2D eigenvalue weighted by Crippen LogP contribution is 2.28. The van der Waals surface area contributed by atoms with Crippen LogP contribution in [-0.4, -0.2) is 44.6 Å². The number of unbranched alkanes of at least 4 members (excludes halogenated alkanes) is 1. The summed E-state index contributed by atoms with van der Waals surface area (Å²) in [5, 5.41) is 0.739. The lowest BCUT2D eigenvalue weighted by Crippen LogP contribution is -2.44. The lowest BCUT2D eigenvalue weighted by atomic mass is 9.96. The maximum absolute atomic E-state index is 12.7. The molecular formula is C18H30N4O2S. The lowest BCUT2D eigenvalue weighted by molar-refractivity contribution is -0.134. The number of rotatable bonds is 7. The Hall–Kier alpha value is -1.50. The summed E-state index contributed by atoms with van der Waals surface area (Å²) in [6, 6.07) is 0. The van der Waals surface area contributed by atoms with E-state index in [-0.39, 0.29) is 23.0 Å². The van der Waals surface area contributed by atoms with Crippen LogP contribution in [0.5, 0.6) is 0 Å². The molecule has 1 unspecified atom stereocenters. The van der Waals surface area contributed by atoms with Gasteiger partial charge in [-0.25, -0.2) is 4.98 Å². The summed E-state index contributed by atoms with van der Waals surface area (Å²) in [6.07, 6.45) is 3.57. The Kier molecular flexibility index (Phi) is 6.93. The van der Waals surface area contributed by atoms with Gasteiger partial charge in [-0.1, -0.05) is 25.1 Å². The number of amides is 2. The maximum Gasteiger partial charge on any atom is 0.235 e. The first-order valence-electron chi connectivity index (χ1n) is 9.13. The third-order valence-corrected chi connectivity index (χ3v) is 6.07. The predicted molar refractivity (Wildman–Crippen MR) is 100 cm³/mol. The van der Waals surface area contributed by atoms with Gasteiger partial charge in [-0.05, 0) is 40.0 Å². The largest absolute Gasteiger partial charge is 0.369 e. The van der Waals surface area contributed by atoms with Crippen molar-refractivity contribution in [3.05, 3.63) is 11.4 Å². The summed E-state index contributed by atoms with van der Waals surface area (Å²) in [5.41, 5.74) is 7.57. The molecule has 2 amide bonds. The van der Waals surface area contributed by atoms with Gasteiger partial charge in [0.05, 0.1) is 10.9 Å². The molecule has 1 saturated heterocycles. The molecule has 6 nitrogen and oxygen atoms in total. The van der Waals surface area contributed by atoms with Gasteiger partial charge >= 0.3 is 0 Å². The molecule has 0 bridgehead atoms. The average Bonchev–Trinajstić information content (AvgIpc) is 2.86. The molecule has 25 heavy (non-hydrogen) atoms. The van der Waals surface area contributed by atoms with Gasteiger partial charge in [0.1, 0.15) is 0 Å². The second-order valence-electron chi connectivity index (χ2n) is 6.83. The number of carbonyl (C=O) groups excluding carboxylic acids is 2. The van der Waals surface area contributed by atoms with Crippen molar-refractivity contribution < 1.29 is 9.59 Å². The van der Waals surface area contributed by atoms with Crippen molar-refractivity contribution in [1.82, 2.24) is 14.5 Å². The van der Waals surface area contributed by atoms with E-state index in [1.54, 1.807) is 0 Å². The first-order valence-corrected chi connectivity index (χ1v) is 10.0. The Bertz CT molecular complexity index is 621. The summed E-state index contributed by atoms with van der Waals surface area (Å²) < 4.78 is 2.23. The highest BCUT2D eigenvalue weighted by Gasteiger charge is 2.29. The highest BCUT2D eigenvalue weighted by molar-refractivity contribution is 8.00. The smallest absolute Gasteiger partial charge is 0.235 e. The van der Waals surface area contributed by atoms with Crippen LogP contribution in [0.3, 0.4) is 0 Å². The van der Waals surface area contributed by atoms with Gasteiger partial charge in [0.2, 0.25) is 11.8 Å². The number of hydrogen-bond acceptors (Lipinski definition) is 4. The van der Waals surface area contributed by atoms with Crippen LogP contribution in [0.15, 0.2) is 5.16 Å². The Morgan fingerprint density at radius 3 is 2.52 bits per heavy atom. The molecule has 1 aliphatic rings. The summed E-state index contributed by atoms with van der Waals surface area (Å²) in [7, 11) is 0. The minimum atomic E-state index is -0.251. The molecule has 1 aromatic rings. The average molecular weight is 367 g/mol. The number of aryl methyl sites for hydroxylation is 1. The second-order valence-corrected chi connectivity index (χ2v) is 8.14. The minimum Gasteiger partial charge on any atom is -0.369 e. The van der Waals surface area contributed by atoms with Crippen molar-refractivity contribution in [1.29, 1.82) is 0 Å². The fourth-order valence-corrected chi connectivity index (χ4v) is 4.25. The Morgan fingerprint density at radius 2 is 1.96 bits per heavy atom. The first kappa shape index (κ1) is 19.8. The molecule has 7 heteroatoms. The zero-order chi connectivity index (χ0) is 18.6. The van der Waals surface area contributed by atoms with Crippen molar-refractivity contribution in [3.63, 3.8) is 0 Å². The highest BCUT2D eigenvalue weighted by atomic mass is 32.2. The Labute approximate surface area is 154 Å². The Morgan fingerprint density at radius 1 is 1.32 bits per heavy atom. The van der Waals surface area contributed by atoms with Crippen LogP contribution in [0.25, 0.3) is 0 Å². The quantitative estimate of drug-likeness (QED) is 0.752. The molecule has 1 aliphatic heterocycles. The number of aromatic nitrogens is 2. The van der Waals surface area contributed by atoms with E-state index in [2.05, 4.69) is 23.4 Å². The fraction of sp³-hybridized carbons (Fsp3) is 0.722. The molecule has 0 saturated carbocycles. The number of thioether (sulfide) groups is 1. The molecule has 140 valence electrons. The summed E-state index contributed by atoms with van der Waals surface area (Å²) >= 11 is 1.53. The van der Waals surface area contributed by atoms with Crippen molar-refractivity contribution >= 4 is 23.6 Å². The SMILES string of the molecule is CCCCn1c(SC(C)C(=O)N2CCC(C(N)=O)CC2)nc(C)c1C. The molecule has 2 rings (SSSR count). The van der Waals surface area contributed by atoms with E-state index in [0.29, 0.717) is 25.9 Å². The third-order valence-electron chi connectivity index (χ3n) is 5.00. The standard InChI is InChI=1S/C18H30N4O2S/c1-5-6-9-22-13(3)12(2)20-18(22)25-14(4)17(24)21-10-7-15(8-11-21)16(19)23/h14-15H,5-11H2,1-4H3,(H2,19,23). The van der Waals surface area contributed by atoms with Crippen LogP contribution in [-0.2, 0) is 16.1 Å². The normalized spacial score (nSPS) is 16.9. The number of nitrogens with zero attached hydrogens (tertiary/aromatic N) is 3. The number of nitrogens with two attached hydrogens (primary N) is 1. The van der Waals surface area contributed by atoms with E-state index in [1.807, 2.05) is 18.7 Å². The first-order chi connectivity index (χ1) is 11.8. The van der Waals surface area contributed by atoms with Crippen LogP contribution in [0.1, 0.15) is 50.9 Å². The van der Waals surface area contributed by atoms with Crippen molar-refractivity contribution in [2.75, 3.05) is 13.1 Å². The van der Waals surface area contributed by atoms with Gasteiger partial charge in [0, 0.05) is 31.2 Å².